The Morgan fingerprint density at radius 1 is 0.967 bits per heavy atom. The van der Waals surface area contributed by atoms with Crippen molar-refractivity contribution in [3.8, 4) is 0 Å². The largest absolute Gasteiger partial charge is 0.372 e. The number of hydrogen-bond acceptors (Lipinski definition) is 4. The summed E-state index contributed by atoms with van der Waals surface area (Å²) in [5, 5.41) is 2.76. The summed E-state index contributed by atoms with van der Waals surface area (Å²) in [5.74, 6) is -0.873. The normalized spacial score (nSPS) is 18.7. The lowest BCUT2D eigenvalue weighted by atomic mass is 10.0. The maximum atomic E-state index is 13.2. The van der Waals surface area contributed by atoms with E-state index in [-0.39, 0.29) is 10.7 Å². The molecule has 154 valence electrons. The van der Waals surface area contributed by atoms with Crippen molar-refractivity contribution in [3.05, 3.63) is 64.7 Å². The van der Waals surface area contributed by atoms with E-state index in [4.69, 9.17) is 12.2 Å². The van der Waals surface area contributed by atoms with Gasteiger partial charge in [-0.2, -0.15) is 0 Å². The Kier molecular flexibility index (Phi) is 5.68. The van der Waals surface area contributed by atoms with Crippen molar-refractivity contribution in [1.82, 2.24) is 5.32 Å². The van der Waals surface area contributed by atoms with E-state index >= 15 is 0 Å². The van der Waals surface area contributed by atoms with Crippen LogP contribution in [0.1, 0.15) is 36.0 Å². The van der Waals surface area contributed by atoms with E-state index in [1.165, 1.54) is 29.8 Å². The van der Waals surface area contributed by atoms with E-state index in [9.17, 15) is 9.59 Å². The van der Waals surface area contributed by atoms with Gasteiger partial charge in [0.2, 0.25) is 0 Å². The molecule has 1 N–H and O–H groups in total. The number of piperidine rings is 1. The van der Waals surface area contributed by atoms with Crippen molar-refractivity contribution in [2.24, 2.45) is 0 Å². The Balaban J connectivity index is 1.62. The molecule has 0 aliphatic carbocycles. The SMILES string of the molecule is Cc1ccc(N2C(=O)/C(=C\c3ccc(N4CCCCC4)cc3)C(=O)NC2=S)c(C)c1. The summed E-state index contributed by atoms with van der Waals surface area (Å²) in [7, 11) is 0. The molecule has 30 heavy (non-hydrogen) atoms. The second-order valence-corrected chi connectivity index (χ2v) is 8.27. The fourth-order valence-corrected chi connectivity index (χ4v) is 4.31. The fourth-order valence-electron chi connectivity index (χ4n) is 4.03. The zero-order chi connectivity index (χ0) is 21.3. The van der Waals surface area contributed by atoms with Gasteiger partial charge >= 0.3 is 0 Å². The van der Waals surface area contributed by atoms with Crippen LogP contribution in [0.15, 0.2) is 48.0 Å². The van der Waals surface area contributed by atoms with E-state index in [1.807, 2.05) is 44.2 Å². The third kappa shape index (κ3) is 4.00. The van der Waals surface area contributed by atoms with Gasteiger partial charge in [0.1, 0.15) is 5.57 Å². The summed E-state index contributed by atoms with van der Waals surface area (Å²) in [5.41, 5.74) is 4.76. The summed E-state index contributed by atoms with van der Waals surface area (Å²) < 4.78 is 0. The van der Waals surface area contributed by atoms with Crippen molar-refractivity contribution in [3.63, 3.8) is 0 Å². The van der Waals surface area contributed by atoms with E-state index in [0.717, 1.165) is 29.8 Å². The number of benzene rings is 2. The number of carbonyl (C=O) groups is 2. The standard InChI is InChI=1S/C24H25N3O2S/c1-16-6-11-21(17(2)14-16)27-23(29)20(22(28)25-24(27)30)15-18-7-9-19(10-8-18)26-12-4-3-5-13-26/h6-11,14-15H,3-5,12-13H2,1-2H3,(H,25,28,30)/b20-15-. The highest BCUT2D eigenvalue weighted by molar-refractivity contribution is 7.80. The number of hydrogen-bond donors (Lipinski definition) is 1. The zero-order valence-electron chi connectivity index (χ0n) is 17.3. The molecule has 6 heteroatoms. The van der Waals surface area contributed by atoms with E-state index in [1.54, 1.807) is 6.08 Å². The molecule has 2 heterocycles. The molecular formula is C24H25N3O2S. The van der Waals surface area contributed by atoms with Crippen LogP contribution in [0.5, 0.6) is 0 Å². The predicted molar refractivity (Wildman–Crippen MR) is 125 cm³/mol. The summed E-state index contributed by atoms with van der Waals surface area (Å²) >= 11 is 5.30. The Morgan fingerprint density at radius 2 is 1.67 bits per heavy atom. The van der Waals surface area contributed by atoms with Gasteiger partial charge in [0.25, 0.3) is 11.8 Å². The van der Waals surface area contributed by atoms with E-state index in [2.05, 4.69) is 22.3 Å². The molecule has 5 nitrogen and oxygen atoms in total. The van der Waals surface area contributed by atoms with Gasteiger partial charge < -0.3 is 4.90 Å². The number of rotatable bonds is 3. The summed E-state index contributed by atoms with van der Waals surface area (Å²) in [6, 6.07) is 13.8. The Morgan fingerprint density at radius 3 is 2.33 bits per heavy atom. The lowest BCUT2D eigenvalue weighted by molar-refractivity contribution is -0.122. The maximum absolute atomic E-state index is 13.2. The summed E-state index contributed by atoms with van der Waals surface area (Å²) in [6.45, 7) is 6.07. The van der Waals surface area contributed by atoms with Crippen molar-refractivity contribution < 1.29 is 9.59 Å². The first-order chi connectivity index (χ1) is 14.4. The van der Waals surface area contributed by atoms with Crippen LogP contribution in [0.4, 0.5) is 11.4 Å². The van der Waals surface area contributed by atoms with Crippen LogP contribution in [0.3, 0.4) is 0 Å². The smallest absolute Gasteiger partial charge is 0.270 e. The first-order valence-corrected chi connectivity index (χ1v) is 10.7. The molecule has 0 atom stereocenters. The van der Waals surface area contributed by atoms with E-state index < -0.39 is 11.8 Å². The number of nitrogens with zero attached hydrogens (tertiary/aromatic N) is 2. The number of thiocarbonyl (C=S) groups is 1. The highest BCUT2D eigenvalue weighted by Gasteiger charge is 2.35. The molecule has 2 aliphatic heterocycles. The first kappa shape index (κ1) is 20.3. The molecule has 0 aromatic heterocycles. The topological polar surface area (TPSA) is 52.7 Å². The minimum absolute atomic E-state index is 0.0781. The minimum Gasteiger partial charge on any atom is -0.372 e. The Hall–Kier alpha value is -2.99. The Bertz CT molecular complexity index is 1040. The second-order valence-electron chi connectivity index (χ2n) is 7.89. The van der Waals surface area contributed by atoms with Gasteiger partial charge in [-0.3, -0.25) is 19.8 Å². The summed E-state index contributed by atoms with van der Waals surface area (Å²) in [6.07, 6.45) is 5.36. The number of anilines is 2. The molecule has 0 unspecified atom stereocenters. The molecule has 0 radical (unpaired) electrons. The molecule has 4 rings (SSSR count). The van der Waals surface area contributed by atoms with Crippen LogP contribution >= 0.6 is 12.2 Å². The fraction of sp³-hybridized carbons (Fsp3) is 0.292. The Labute approximate surface area is 182 Å². The quantitative estimate of drug-likeness (QED) is 0.462. The summed E-state index contributed by atoms with van der Waals surface area (Å²) in [4.78, 5) is 29.5. The van der Waals surface area contributed by atoms with Gasteiger partial charge in [-0.15, -0.1) is 0 Å². The van der Waals surface area contributed by atoms with E-state index in [0.29, 0.717) is 5.69 Å². The van der Waals surface area contributed by atoms with Gasteiger partial charge in [0.05, 0.1) is 5.69 Å². The molecule has 2 fully saturated rings. The lowest BCUT2D eigenvalue weighted by Crippen LogP contribution is -2.54. The van der Waals surface area contributed by atoms with Gasteiger partial charge in [-0.1, -0.05) is 29.8 Å². The first-order valence-electron chi connectivity index (χ1n) is 10.3. The molecule has 0 spiro atoms. The predicted octanol–water partition coefficient (Wildman–Crippen LogP) is 4.13. The van der Waals surface area contributed by atoms with Crippen LogP contribution < -0.4 is 15.1 Å². The third-order valence-corrected chi connectivity index (χ3v) is 5.90. The molecule has 2 saturated heterocycles. The van der Waals surface area contributed by atoms with Crippen LogP contribution in [0.2, 0.25) is 0 Å². The molecule has 0 saturated carbocycles. The number of carbonyl (C=O) groups excluding carboxylic acids is 2. The average molecular weight is 420 g/mol. The van der Waals surface area contributed by atoms with Crippen molar-refractivity contribution in [1.29, 1.82) is 0 Å². The minimum atomic E-state index is -0.467. The maximum Gasteiger partial charge on any atom is 0.270 e. The highest BCUT2D eigenvalue weighted by Crippen LogP contribution is 2.27. The van der Waals surface area contributed by atoms with Gasteiger partial charge in [0, 0.05) is 18.8 Å². The number of amides is 2. The molecule has 0 bridgehead atoms. The van der Waals surface area contributed by atoms with Crippen LogP contribution in [-0.2, 0) is 9.59 Å². The van der Waals surface area contributed by atoms with Crippen molar-refractivity contribution in [2.75, 3.05) is 22.9 Å². The molecular weight excluding hydrogens is 394 g/mol. The van der Waals surface area contributed by atoms with Gasteiger partial charge in [-0.05, 0) is 80.7 Å². The average Bonchev–Trinajstić information content (AvgIpc) is 2.73. The molecule has 2 aromatic rings. The monoisotopic (exact) mass is 419 g/mol. The second kappa shape index (κ2) is 8.40. The number of nitrogens with one attached hydrogen (secondary N) is 1. The van der Waals surface area contributed by atoms with Gasteiger partial charge in [-0.25, -0.2) is 0 Å². The van der Waals surface area contributed by atoms with Crippen LogP contribution in [0.25, 0.3) is 6.08 Å². The van der Waals surface area contributed by atoms with Crippen LogP contribution in [0, 0.1) is 13.8 Å². The third-order valence-electron chi connectivity index (χ3n) is 5.62. The van der Waals surface area contributed by atoms with Crippen molar-refractivity contribution in [2.45, 2.75) is 33.1 Å². The highest BCUT2D eigenvalue weighted by atomic mass is 32.1. The zero-order valence-corrected chi connectivity index (χ0v) is 18.1. The molecule has 2 amide bonds. The molecule has 2 aromatic carbocycles. The van der Waals surface area contributed by atoms with Gasteiger partial charge in [0.15, 0.2) is 5.11 Å². The van der Waals surface area contributed by atoms with Crippen molar-refractivity contribution >= 4 is 46.6 Å². The number of aryl methyl sites for hydroxylation is 2. The van der Waals surface area contributed by atoms with Crippen LogP contribution in [-0.4, -0.2) is 30.0 Å². The lowest BCUT2D eigenvalue weighted by Gasteiger charge is -2.30. The molecule has 2 aliphatic rings.